The highest BCUT2D eigenvalue weighted by Crippen LogP contribution is 2.39. The number of carbonyl (C=O) groups is 3. The summed E-state index contributed by atoms with van der Waals surface area (Å²) in [6, 6.07) is 9.32. The second kappa shape index (κ2) is 7.74. The molecule has 24 heavy (non-hydrogen) atoms. The van der Waals surface area contributed by atoms with Crippen LogP contribution in [0.5, 0.6) is 0 Å². The van der Waals surface area contributed by atoms with Gasteiger partial charge in [-0.15, -0.1) is 11.3 Å². The van der Waals surface area contributed by atoms with E-state index in [1.165, 1.54) is 11.3 Å². The zero-order valence-electron chi connectivity index (χ0n) is 13.1. The van der Waals surface area contributed by atoms with Crippen LogP contribution in [0.4, 0.5) is 5.00 Å². The van der Waals surface area contributed by atoms with E-state index in [1.807, 2.05) is 37.3 Å². The fourth-order valence-corrected chi connectivity index (χ4v) is 3.50. The lowest BCUT2D eigenvalue weighted by atomic mass is 10.0. The van der Waals surface area contributed by atoms with Crippen molar-refractivity contribution in [2.75, 3.05) is 5.32 Å². The molecule has 1 aromatic heterocycles. The number of hydrogen-bond donors (Lipinski definition) is 2. The first-order valence-electron chi connectivity index (χ1n) is 7.38. The van der Waals surface area contributed by atoms with Crippen molar-refractivity contribution in [1.29, 1.82) is 0 Å². The van der Waals surface area contributed by atoms with Crippen LogP contribution in [0.3, 0.4) is 0 Å². The average Bonchev–Trinajstić information content (AvgIpc) is 2.84. The predicted molar refractivity (Wildman–Crippen MR) is 90.5 cm³/mol. The zero-order valence-corrected chi connectivity index (χ0v) is 13.9. The van der Waals surface area contributed by atoms with Gasteiger partial charge in [0.15, 0.2) is 0 Å². The van der Waals surface area contributed by atoms with Crippen molar-refractivity contribution in [1.82, 2.24) is 0 Å². The molecule has 0 aliphatic rings. The maximum atomic E-state index is 12.0. The van der Waals surface area contributed by atoms with Crippen LogP contribution < -0.4 is 16.2 Å². The molecule has 2 aromatic rings. The number of carboxylic acids is 1. The fraction of sp³-hybridized carbons (Fsp3) is 0.235. The minimum atomic E-state index is -1.20. The number of rotatable bonds is 7. The molecular weight excluding hydrogens is 328 g/mol. The Labute approximate surface area is 143 Å². The smallest absolute Gasteiger partial charge is 0.252 e. The van der Waals surface area contributed by atoms with Crippen LogP contribution >= 0.6 is 11.3 Å². The van der Waals surface area contributed by atoms with Gasteiger partial charge < -0.3 is 21.0 Å². The molecule has 6 nitrogen and oxygen atoms in total. The van der Waals surface area contributed by atoms with Crippen molar-refractivity contribution in [3.05, 3.63) is 40.8 Å². The van der Waals surface area contributed by atoms with Gasteiger partial charge in [-0.3, -0.25) is 9.59 Å². The summed E-state index contributed by atoms with van der Waals surface area (Å²) in [4.78, 5) is 35.1. The third-order valence-corrected chi connectivity index (χ3v) is 4.45. The predicted octanol–water partition coefficient (Wildman–Crippen LogP) is 1.68. The van der Waals surface area contributed by atoms with Gasteiger partial charge in [-0.25, -0.2) is 0 Å². The van der Waals surface area contributed by atoms with E-state index in [-0.39, 0.29) is 30.7 Å². The fourth-order valence-electron chi connectivity index (χ4n) is 2.40. The van der Waals surface area contributed by atoms with E-state index in [0.717, 1.165) is 10.4 Å². The molecule has 126 valence electrons. The summed E-state index contributed by atoms with van der Waals surface area (Å²) < 4.78 is 0. The molecule has 0 spiro atoms. The maximum absolute atomic E-state index is 12.0. The summed E-state index contributed by atoms with van der Waals surface area (Å²) in [5.74, 6) is -2.18. The molecule has 2 amide bonds. The minimum absolute atomic E-state index is 0.0315. The number of primary amides is 1. The van der Waals surface area contributed by atoms with Crippen molar-refractivity contribution in [2.24, 2.45) is 5.73 Å². The first-order valence-corrected chi connectivity index (χ1v) is 8.20. The first kappa shape index (κ1) is 17.7. The summed E-state index contributed by atoms with van der Waals surface area (Å²) in [6.45, 7) is 1.85. The van der Waals surface area contributed by atoms with Crippen molar-refractivity contribution < 1.29 is 19.5 Å². The standard InChI is InChI=1S/C17H18N2O4S/c1-10-14(11-6-3-2-4-7-11)15(16(18)23)17(24-10)19-12(20)8-5-9-13(21)22/h2-4,6-7H,5,8-9H2,1H3,(H2,18,23)(H,19,20)(H,21,22)/p-1. The largest absolute Gasteiger partial charge is 0.550 e. The third-order valence-electron chi connectivity index (χ3n) is 3.43. The van der Waals surface area contributed by atoms with E-state index in [2.05, 4.69) is 5.32 Å². The number of nitrogens with two attached hydrogens (primary N) is 1. The maximum Gasteiger partial charge on any atom is 0.252 e. The van der Waals surface area contributed by atoms with Crippen molar-refractivity contribution in [3.8, 4) is 11.1 Å². The zero-order chi connectivity index (χ0) is 17.7. The normalized spacial score (nSPS) is 10.4. The highest BCUT2D eigenvalue weighted by atomic mass is 32.1. The number of hydrogen-bond acceptors (Lipinski definition) is 5. The van der Waals surface area contributed by atoms with Crippen LogP contribution in [0.25, 0.3) is 11.1 Å². The van der Waals surface area contributed by atoms with Crippen molar-refractivity contribution >= 4 is 34.1 Å². The number of benzene rings is 1. The Kier molecular flexibility index (Phi) is 5.70. The molecule has 0 bridgehead atoms. The number of thiophene rings is 1. The summed E-state index contributed by atoms with van der Waals surface area (Å²) in [7, 11) is 0. The lowest BCUT2D eigenvalue weighted by Gasteiger charge is -2.07. The highest BCUT2D eigenvalue weighted by molar-refractivity contribution is 7.17. The molecule has 1 heterocycles. The van der Waals surface area contributed by atoms with Crippen LogP contribution in [0.1, 0.15) is 34.5 Å². The van der Waals surface area contributed by atoms with Gasteiger partial charge in [0.05, 0.1) is 5.56 Å². The summed E-state index contributed by atoms with van der Waals surface area (Å²) in [6.07, 6.45) is 0.0224. The topological polar surface area (TPSA) is 112 Å². The molecule has 0 aliphatic heterocycles. The Hall–Kier alpha value is -2.67. The summed E-state index contributed by atoms with van der Waals surface area (Å²) in [5.41, 5.74) is 7.34. The van der Waals surface area contributed by atoms with E-state index in [9.17, 15) is 19.5 Å². The lowest BCUT2D eigenvalue weighted by Crippen LogP contribution is -2.22. The molecule has 0 radical (unpaired) electrons. The molecule has 3 N–H and O–H groups in total. The van der Waals surface area contributed by atoms with Gasteiger partial charge in [0.1, 0.15) is 5.00 Å². The summed E-state index contributed by atoms with van der Waals surface area (Å²) in [5, 5.41) is 13.4. The van der Waals surface area contributed by atoms with Crippen LogP contribution in [-0.4, -0.2) is 17.8 Å². The van der Waals surface area contributed by atoms with Crippen LogP contribution in [0.2, 0.25) is 0 Å². The number of carboxylic acid groups (broad SMARTS) is 1. The number of anilines is 1. The van der Waals surface area contributed by atoms with Gasteiger partial charge in [-0.05, 0) is 25.3 Å². The number of aryl methyl sites for hydroxylation is 1. The van der Waals surface area contributed by atoms with E-state index in [1.54, 1.807) is 0 Å². The van der Waals surface area contributed by atoms with Gasteiger partial charge in [0.2, 0.25) is 5.91 Å². The monoisotopic (exact) mass is 345 g/mol. The molecule has 2 rings (SSSR count). The van der Waals surface area contributed by atoms with Gasteiger partial charge >= 0.3 is 0 Å². The van der Waals surface area contributed by atoms with Gasteiger partial charge in [-0.2, -0.15) is 0 Å². The lowest BCUT2D eigenvalue weighted by molar-refractivity contribution is -0.305. The average molecular weight is 345 g/mol. The Balaban J connectivity index is 2.27. The first-order chi connectivity index (χ1) is 11.4. The highest BCUT2D eigenvalue weighted by Gasteiger charge is 2.22. The quantitative estimate of drug-likeness (QED) is 0.795. The van der Waals surface area contributed by atoms with Gasteiger partial charge in [0.25, 0.3) is 5.91 Å². The molecule has 0 saturated heterocycles. The van der Waals surface area contributed by atoms with Crippen LogP contribution in [0.15, 0.2) is 30.3 Å². The van der Waals surface area contributed by atoms with E-state index < -0.39 is 11.9 Å². The Morgan fingerprint density at radius 1 is 1.17 bits per heavy atom. The van der Waals surface area contributed by atoms with E-state index >= 15 is 0 Å². The molecule has 0 fully saturated rings. The van der Waals surface area contributed by atoms with Gasteiger partial charge in [0, 0.05) is 22.8 Å². The summed E-state index contributed by atoms with van der Waals surface area (Å²) >= 11 is 1.27. The molecular formula is C17H17N2O4S-. The molecule has 0 aliphatic carbocycles. The van der Waals surface area contributed by atoms with Crippen molar-refractivity contribution in [3.63, 3.8) is 0 Å². The molecule has 0 unspecified atom stereocenters. The SMILES string of the molecule is Cc1sc(NC(=O)CCCC(=O)[O-])c(C(N)=O)c1-c1ccccc1. The number of aliphatic carboxylic acids is 1. The molecule has 0 atom stereocenters. The molecule has 7 heteroatoms. The Morgan fingerprint density at radius 3 is 2.42 bits per heavy atom. The van der Waals surface area contributed by atoms with Crippen LogP contribution in [0, 0.1) is 6.92 Å². The second-order valence-corrected chi connectivity index (χ2v) is 6.47. The molecule has 0 saturated carbocycles. The number of carbonyl (C=O) groups excluding carboxylic acids is 3. The third kappa shape index (κ3) is 4.20. The van der Waals surface area contributed by atoms with E-state index in [4.69, 9.17) is 5.73 Å². The number of amides is 2. The minimum Gasteiger partial charge on any atom is -0.550 e. The van der Waals surface area contributed by atoms with Crippen LogP contribution in [-0.2, 0) is 9.59 Å². The molecule has 1 aromatic carbocycles. The van der Waals surface area contributed by atoms with Gasteiger partial charge in [-0.1, -0.05) is 30.3 Å². The van der Waals surface area contributed by atoms with E-state index in [0.29, 0.717) is 10.6 Å². The Morgan fingerprint density at radius 2 is 1.83 bits per heavy atom. The Bertz CT molecular complexity index is 768. The number of nitrogens with one attached hydrogen (secondary N) is 1. The second-order valence-electron chi connectivity index (χ2n) is 5.24. The van der Waals surface area contributed by atoms with Crippen molar-refractivity contribution in [2.45, 2.75) is 26.2 Å².